The maximum Gasteiger partial charge on any atom is 0.300 e. The molecule has 10 heteroatoms. The molecule has 2 aromatic carbocycles. The number of anilines is 1. The third kappa shape index (κ3) is 3.64. The van der Waals surface area contributed by atoms with Crippen molar-refractivity contribution in [1.29, 1.82) is 0 Å². The van der Waals surface area contributed by atoms with E-state index >= 15 is 0 Å². The van der Waals surface area contributed by atoms with E-state index in [2.05, 4.69) is 0 Å². The lowest BCUT2D eigenvalue weighted by Gasteiger charge is -2.24. The van der Waals surface area contributed by atoms with Crippen molar-refractivity contribution >= 4 is 57.7 Å². The first kappa shape index (κ1) is 22.3. The van der Waals surface area contributed by atoms with Gasteiger partial charge in [0, 0.05) is 16.5 Å². The Hall–Kier alpha value is -2.94. The molecule has 0 saturated carbocycles. The first-order valence-electron chi connectivity index (χ1n) is 9.07. The van der Waals surface area contributed by atoms with Gasteiger partial charge in [0.05, 0.1) is 28.4 Å². The van der Waals surface area contributed by atoms with Crippen molar-refractivity contribution < 1.29 is 28.2 Å². The highest BCUT2D eigenvalue weighted by molar-refractivity contribution is 7.10. The zero-order chi connectivity index (χ0) is 23.2. The molecule has 1 N–H and O–H groups in total. The minimum absolute atomic E-state index is 0.0694. The number of methoxy groups -OCH3 is 1. The Bertz CT molecular complexity index is 1250. The van der Waals surface area contributed by atoms with Crippen molar-refractivity contribution in [2.75, 3.05) is 12.0 Å². The van der Waals surface area contributed by atoms with Gasteiger partial charge in [0.15, 0.2) is 5.75 Å². The van der Waals surface area contributed by atoms with E-state index in [-0.39, 0.29) is 32.6 Å². The number of ketones is 1. The van der Waals surface area contributed by atoms with Gasteiger partial charge in [0.1, 0.15) is 23.4 Å². The molecule has 1 saturated heterocycles. The van der Waals surface area contributed by atoms with Crippen molar-refractivity contribution in [2.24, 2.45) is 0 Å². The second-order valence-electron chi connectivity index (χ2n) is 6.75. The Kier molecular flexibility index (Phi) is 5.94. The molecule has 1 unspecified atom stereocenters. The van der Waals surface area contributed by atoms with E-state index < -0.39 is 35.1 Å². The molecule has 5 nitrogen and oxygen atoms in total. The molecule has 2 heterocycles. The van der Waals surface area contributed by atoms with Crippen LogP contribution in [0.5, 0.6) is 5.75 Å². The van der Waals surface area contributed by atoms with E-state index in [0.717, 1.165) is 17.0 Å². The zero-order valence-electron chi connectivity index (χ0n) is 16.2. The maximum absolute atomic E-state index is 14.6. The van der Waals surface area contributed by atoms with Gasteiger partial charge in [-0.05, 0) is 35.7 Å². The summed E-state index contributed by atoms with van der Waals surface area (Å²) in [5, 5.41) is 12.9. The summed E-state index contributed by atoms with van der Waals surface area (Å²) in [5.41, 5.74) is -0.504. The standard InChI is InChI=1S/C22H13Cl2F2NO4S/c1-31-21-12(23)7-10(8-13(21)24)19(28)17-18(16-3-2-6-32-16)27(22(30)20(17)29)15-5-4-11(25)9-14(15)26/h2-9,18,28H,1H3/b19-17-. The van der Waals surface area contributed by atoms with Gasteiger partial charge in [-0.1, -0.05) is 29.3 Å². The molecule has 1 aromatic heterocycles. The van der Waals surface area contributed by atoms with E-state index in [1.165, 1.54) is 30.6 Å². The summed E-state index contributed by atoms with van der Waals surface area (Å²) in [6.07, 6.45) is 0. The van der Waals surface area contributed by atoms with Gasteiger partial charge in [-0.3, -0.25) is 14.5 Å². The van der Waals surface area contributed by atoms with Crippen LogP contribution in [-0.4, -0.2) is 23.9 Å². The second-order valence-corrected chi connectivity index (χ2v) is 8.55. The third-order valence-electron chi connectivity index (χ3n) is 4.90. The fraction of sp³-hybridized carbons (Fsp3) is 0.0909. The first-order valence-corrected chi connectivity index (χ1v) is 10.7. The van der Waals surface area contributed by atoms with Crippen molar-refractivity contribution in [3.05, 3.63) is 85.5 Å². The average Bonchev–Trinajstić information content (AvgIpc) is 3.35. The predicted octanol–water partition coefficient (Wildman–Crippen LogP) is 5.97. The fourth-order valence-electron chi connectivity index (χ4n) is 3.52. The molecule has 0 bridgehead atoms. The van der Waals surface area contributed by atoms with Gasteiger partial charge in [0.2, 0.25) is 0 Å². The monoisotopic (exact) mass is 495 g/mol. The van der Waals surface area contributed by atoms with Crippen LogP contribution in [0.2, 0.25) is 10.0 Å². The molecular formula is C22H13Cl2F2NO4S. The van der Waals surface area contributed by atoms with Crippen LogP contribution in [0.3, 0.4) is 0 Å². The summed E-state index contributed by atoms with van der Waals surface area (Å²) in [6, 6.07) is 7.50. The summed E-state index contributed by atoms with van der Waals surface area (Å²) >= 11 is 13.5. The van der Waals surface area contributed by atoms with Crippen LogP contribution in [0.25, 0.3) is 5.76 Å². The summed E-state index contributed by atoms with van der Waals surface area (Å²) in [7, 11) is 1.37. The van der Waals surface area contributed by atoms with Crippen LogP contribution in [0.15, 0.2) is 53.4 Å². The van der Waals surface area contributed by atoms with Gasteiger partial charge in [0.25, 0.3) is 11.7 Å². The third-order valence-corrected chi connectivity index (χ3v) is 6.39. The van der Waals surface area contributed by atoms with Gasteiger partial charge in [-0.25, -0.2) is 8.78 Å². The molecule has 1 fully saturated rings. The summed E-state index contributed by atoms with van der Waals surface area (Å²) < 4.78 is 33.1. The number of aliphatic hydroxyl groups excluding tert-OH is 1. The molecule has 3 aromatic rings. The summed E-state index contributed by atoms with van der Waals surface area (Å²) in [5.74, 6) is -4.33. The number of nitrogens with zero attached hydrogens (tertiary/aromatic N) is 1. The molecule has 164 valence electrons. The number of carbonyl (C=O) groups is 2. The second kappa shape index (κ2) is 8.54. The number of Topliss-reactive ketones (excluding diaryl/α,β-unsaturated/α-hetero) is 1. The molecular weight excluding hydrogens is 483 g/mol. The smallest absolute Gasteiger partial charge is 0.300 e. The molecule has 32 heavy (non-hydrogen) atoms. The number of hydrogen-bond donors (Lipinski definition) is 1. The van der Waals surface area contributed by atoms with E-state index in [0.29, 0.717) is 10.9 Å². The fourth-order valence-corrected chi connectivity index (χ4v) is 4.99. The van der Waals surface area contributed by atoms with Gasteiger partial charge in [-0.15, -0.1) is 11.3 Å². The molecule has 1 atom stereocenters. The predicted molar refractivity (Wildman–Crippen MR) is 118 cm³/mol. The first-order chi connectivity index (χ1) is 15.2. The molecule has 0 radical (unpaired) electrons. The molecule has 0 aliphatic carbocycles. The number of hydrogen-bond acceptors (Lipinski definition) is 5. The number of carbonyl (C=O) groups excluding carboxylic acids is 2. The van der Waals surface area contributed by atoms with Crippen molar-refractivity contribution in [3.8, 4) is 5.75 Å². The topological polar surface area (TPSA) is 66.8 Å². The highest BCUT2D eigenvalue weighted by atomic mass is 35.5. The zero-order valence-corrected chi connectivity index (χ0v) is 18.6. The van der Waals surface area contributed by atoms with Crippen LogP contribution < -0.4 is 9.64 Å². The molecule has 4 rings (SSSR count). The van der Waals surface area contributed by atoms with E-state index in [4.69, 9.17) is 27.9 Å². The van der Waals surface area contributed by atoms with Crippen LogP contribution in [0.4, 0.5) is 14.5 Å². The summed E-state index contributed by atoms with van der Waals surface area (Å²) in [4.78, 5) is 27.3. The van der Waals surface area contributed by atoms with E-state index in [1.54, 1.807) is 17.5 Å². The number of amides is 1. The Morgan fingerprint density at radius 1 is 1.12 bits per heavy atom. The van der Waals surface area contributed by atoms with Crippen molar-refractivity contribution in [3.63, 3.8) is 0 Å². The van der Waals surface area contributed by atoms with Gasteiger partial charge in [-0.2, -0.15) is 0 Å². The molecule has 0 spiro atoms. The Balaban J connectivity index is 1.95. The molecule has 1 aliphatic rings. The number of benzene rings is 2. The van der Waals surface area contributed by atoms with Crippen LogP contribution >= 0.6 is 34.5 Å². The van der Waals surface area contributed by atoms with Gasteiger partial charge >= 0.3 is 0 Å². The normalized spacial score (nSPS) is 17.8. The lowest BCUT2D eigenvalue weighted by atomic mass is 9.99. The van der Waals surface area contributed by atoms with Crippen LogP contribution in [0.1, 0.15) is 16.5 Å². The lowest BCUT2D eigenvalue weighted by Crippen LogP contribution is -2.30. The number of ether oxygens (including phenoxy) is 1. The van der Waals surface area contributed by atoms with E-state index in [9.17, 15) is 23.5 Å². The van der Waals surface area contributed by atoms with Crippen molar-refractivity contribution in [1.82, 2.24) is 0 Å². The number of aliphatic hydroxyl groups is 1. The highest BCUT2D eigenvalue weighted by Crippen LogP contribution is 2.45. The maximum atomic E-state index is 14.6. The SMILES string of the molecule is COc1c(Cl)cc(/C(O)=C2/C(=O)C(=O)N(c3ccc(F)cc3F)C2c2cccs2)cc1Cl. The Morgan fingerprint density at radius 2 is 1.81 bits per heavy atom. The minimum atomic E-state index is -1.14. The van der Waals surface area contributed by atoms with E-state index in [1.807, 2.05) is 0 Å². The quantitative estimate of drug-likeness (QED) is 0.275. The average molecular weight is 496 g/mol. The molecule has 1 aliphatic heterocycles. The number of halogens is 4. The number of thiophene rings is 1. The Morgan fingerprint density at radius 3 is 2.38 bits per heavy atom. The number of rotatable bonds is 4. The summed E-state index contributed by atoms with van der Waals surface area (Å²) in [6.45, 7) is 0. The van der Waals surface area contributed by atoms with Gasteiger partial charge < -0.3 is 9.84 Å². The molecule has 1 amide bonds. The van der Waals surface area contributed by atoms with Crippen molar-refractivity contribution in [2.45, 2.75) is 6.04 Å². The Labute approximate surface area is 195 Å². The highest BCUT2D eigenvalue weighted by Gasteiger charge is 2.48. The largest absolute Gasteiger partial charge is 0.507 e. The minimum Gasteiger partial charge on any atom is -0.507 e. The lowest BCUT2D eigenvalue weighted by molar-refractivity contribution is -0.132. The van der Waals surface area contributed by atoms with Crippen LogP contribution in [0, 0.1) is 11.6 Å². The van der Waals surface area contributed by atoms with Crippen LogP contribution in [-0.2, 0) is 9.59 Å².